The molecule has 14 heteroatoms. The van der Waals surface area contributed by atoms with Crippen molar-refractivity contribution in [2.24, 2.45) is 0 Å². The number of hydrogen-bond acceptors (Lipinski definition) is 10. The summed E-state index contributed by atoms with van der Waals surface area (Å²) in [5, 5.41) is 15.0. The molecular formula is C44H48ClN7O6. The van der Waals surface area contributed by atoms with E-state index in [4.69, 9.17) is 21.6 Å². The van der Waals surface area contributed by atoms with Crippen LogP contribution in [0.4, 0.5) is 11.4 Å². The topological polar surface area (TPSA) is 155 Å². The summed E-state index contributed by atoms with van der Waals surface area (Å²) in [6, 6.07) is 20.2. The Labute approximate surface area is 343 Å². The van der Waals surface area contributed by atoms with E-state index in [1.54, 1.807) is 30.3 Å². The molecule has 1 saturated carbocycles. The molecule has 13 nitrogen and oxygen atoms in total. The Balaban J connectivity index is 0.768. The molecule has 4 heterocycles. The van der Waals surface area contributed by atoms with Crippen molar-refractivity contribution >= 4 is 52.5 Å². The Morgan fingerprint density at radius 1 is 0.759 bits per heavy atom. The lowest BCUT2D eigenvalue weighted by Gasteiger charge is -2.44. The second kappa shape index (κ2) is 17.2. The van der Waals surface area contributed by atoms with Gasteiger partial charge < -0.3 is 19.9 Å². The number of nitrogens with zero attached hydrogens (tertiary/aromatic N) is 5. The van der Waals surface area contributed by atoms with Gasteiger partial charge in [0.2, 0.25) is 11.8 Å². The quantitative estimate of drug-likeness (QED) is 0.287. The number of nitriles is 1. The fourth-order valence-electron chi connectivity index (χ4n) is 9.17. The van der Waals surface area contributed by atoms with Crippen LogP contribution in [0.1, 0.15) is 101 Å². The molecule has 4 aliphatic heterocycles. The fraction of sp³-hybridized carbons (Fsp3) is 0.455. The lowest BCUT2D eigenvalue weighted by molar-refractivity contribution is -0.136. The van der Waals surface area contributed by atoms with Crippen LogP contribution in [0.5, 0.6) is 5.75 Å². The van der Waals surface area contributed by atoms with Gasteiger partial charge in [-0.25, -0.2) is 0 Å². The van der Waals surface area contributed by atoms with Crippen molar-refractivity contribution in [1.29, 1.82) is 5.26 Å². The molecule has 0 radical (unpaired) electrons. The highest BCUT2D eigenvalue weighted by Gasteiger charge is 2.45. The molecule has 4 fully saturated rings. The third-order valence-corrected chi connectivity index (χ3v) is 12.7. The van der Waals surface area contributed by atoms with Crippen LogP contribution >= 0.6 is 11.6 Å². The second-order valence-electron chi connectivity index (χ2n) is 16.0. The van der Waals surface area contributed by atoms with Crippen molar-refractivity contribution in [2.45, 2.75) is 88.4 Å². The molecule has 0 aromatic heterocycles. The van der Waals surface area contributed by atoms with Crippen LogP contribution in [-0.2, 0) is 9.59 Å². The first-order chi connectivity index (χ1) is 28.1. The van der Waals surface area contributed by atoms with Crippen LogP contribution in [-0.4, -0.2) is 103 Å². The zero-order chi connectivity index (χ0) is 40.3. The molecule has 3 aromatic rings. The highest BCUT2D eigenvalue weighted by molar-refractivity contribution is 6.31. The van der Waals surface area contributed by atoms with Gasteiger partial charge in [-0.1, -0.05) is 11.6 Å². The first-order valence-corrected chi connectivity index (χ1v) is 20.9. The average Bonchev–Trinajstić information content (AvgIpc) is 3.47. The molecule has 1 unspecified atom stereocenters. The van der Waals surface area contributed by atoms with Gasteiger partial charge >= 0.3 is 0 Å². The number of carbonyl (C=O) groups excluding carboxylic acids is 5. The van der Waals surface area contributed by atoms with Gasteiger partial charge in [0.25, 0.3) is 17.7 Å². The Bertz CT molecular complexity index is 2110. The minimum absolute atomic E-state index is 0.0378. The molecule has 1 atom stereocenters. The molecule has 5 amide bonds. The molecule has 3 aromatic carbocycles. The lowest BCUT2D eigenvalue weighted by Crippen LogP contribution is -2.54. The van der Waals surface area contributed by atoms with Gasteiger partial charge in [0.15, 0.2) is 0 Å². The van der Waals surface area contributed by atoms with Gasteiger partial charge in [0, 0.05) is 80.8 Å². The normalized spacial score (nSPS) is 23.4. The van der Waals surface area contributed by atoms with Crippen molar-refractivity contribution in [3.8, 4) is 11.8 Å². The number of amides is 5. The molecule has 2 N–H and O–H groups in total. The van der Waals surface area contributed by atoms with Crippen LogP contribution in [0, 0.1) is 11.3 Å². The number of nitrogens with one attached hydrogen (secondary N) is 2. The minimum Gasteiger partial charge on any atom is -0.490 e. The molecule has 302 valence electrons. The highest BCUT2D eigenvalue weighted by Crippen LogP contribution is 2.32. The Hall–Kier alpha value is -5.45. The van der Waals surface area contributed by atoms with Gasteiger partial charge in [-0.05, 0) is 112 Å². The average molecular weight is 806 g/mol. The Kier molecular flexibility index (Phi) is 11.7. The number of anilines is 2. The zero-order valence-electron chi connectivity index (χ0n) is 32.5. The van der Waals surface area contributed by atoms with E-state index in [9.17, 15) is 24.0 Å². The first-order valence-electron chi connectivity index (χ1n) is 20.5. The largest absolute Gasteiger partial charge is 0.490 e. The number of imide groups is 2. The van der Waals surface area contributed by atoms with E-state index in [0.29, 0.717) is 39.1 Å². The Morgan fingerprint density at radius 2 is 1.43 bits per heavy atom. The lowest BCUT2D eigenvalue weighted by atomic mass is 9.94. The summed E-state index contributed by atoms with van der Waals surface area (Å²) < 4.78 is 6.19. The molecule has 3 saturated heterocycles. The van der Waals surface area contributed by atoms with E-state index in [-0.39, 0.29) is 30.9 Å². The molecule has 0 bridgehead atoms. The standard InChI is InChI=1S/C44H48ClN7O6/c45-38-26-35(13-9-29(38)27-46)58-34-5-1-3-30(4-2-6-34)47-41(54)28-7-10-31(11-8-28)49-19-17-32(18-20-49)50-21-23-51(24-22-50)33-12-14-36-37(25-33)44(57)52(43(36)56)39-15-16-40(53)48-42(39)55/h7-14,25-26,30,32,34,39H,1-6,15-24H2,(H,47,54)(H,48,53,55). The van der Waals surface area contributed by atoms with Gasteiger partial charge in [0.1, 0.15) is 17.9 Å². The van der Waals surface area contributed by atoms with Crippen molar-refractivity contribution in [1.82, 2.24) is 20.4 Å². The van der Waals surface area contributed by atoms with E-state index < -0.39 is 29.7 Å². The monoisotopic (exact) mass is 805 g/mol. The maximum Gasteiger partial charge on any atom is 0.262 e. The van der Waals surface area contributed by atoms with Crippen molar-refractivity contribution in [2.75, 3.05) is 49.1 Å². The smallest absolute Gasteiger partial charge is 0.262 e. The number of fused-ring (bicyclic) bond motifs is 1. The van der Waals surface area contributed by atoms with Gasteiger partial charge in [0.05, 0.1) is 27.8 Å². The number of rotatable bonds is 8. The number of hydrogen-bond donors (Lipinski definition) is 2. The first kappa shape index (κ1) is 39.4. The van der Waals surface area contributed by atoms with E-state index in [1.807, 2.05) is 18.2 Å². The second-order valence-corrected chi connectivity index (χ2v) is 16.4. The molecule has 0 spiro atoms. The predicted molar refractivity (Wildman–Crippen MR) is 218 cm³/mol. The summed E-state index contributed by atoms with van der Waals surface area (Å²) in [6.07, 6.45) is 7.86. The summed E-state index contributed by atoms with van der Waals surface area (Å²) in [6.45, 7) is 5.26. The predicted octanol–water partition coefficient (Wildman–Crippen LogP) is 5.30. The van der Waals surface area contributed by atoms with Gasteiger partial charge in [-0.2, -0.15) is 5.26 Å². The van der Waals surface area contributed by atoms with Crippen LogP contribution in [0.2, 0.25) is 5.02 Å². The van der Waals surface area contributed by atoms with Crippen molar-refractivity contribution in [3.63, 3.8) is 0 Å². The third kappa shape index (κ3) is 8.40. The van der Waals surface area contributed by atoms with Gasteiger partial charge in [-0.3, -0.25) is 39.1 Å². The fourth-order valence-corrected chi connectivity index (χ4v) is 9.38. The molecule has 8 rings (SSSR count). The van der Waals surface area contributed by atoms with Crippen molar-refractivity contribution < 1.29 is 28.7 Å². The Morgan fingerprint density at radius 3 is 2.10 bits per heavy atom. The minimum atomic E-state index is -0.974. The SMILES string of the molecule is N#Cc1ccc(OC2CCCC(NC(=O)c3ccc(N4CCC(N5CCN(c6ccc7c(c6)C(=O)N(C6CCC(=O)NC6=O)C7=O)CC5)CC4)cc3)CCC2)cc1Cl. The number of halogens is 1. The number of benzene rings is 3. The van der Waals surface area contributed by atoms with E-state index in [1.165, 1.54) is 0 Å². The summed E-state index contributed by atoms with van der Waals surface area (Å²) in [5.74, 6) is -1.33. The number of ether oxygens (including phenoxy) is 1. The molecule has 1 aliphatic carbocycles. The summed E-state index contributed by atoms with van der Waals surface area (Å²) in [5.41, 5.74) is 3.71. The highest BCUT2D eigenvalue weighted by atomic mass is 35.5. The molecular weight excluding hydrogens is 758 g/mol. The number of carbonyl (C=O) groups is 5. The molecule has 58 heavy (non-hydrogen) atoms. The zero-order valence-corrected chi connectivity index (χ0v) is 33.2. The van der Waals surface area contributed by atoms with Crippen molar-refractivity contribution in [3.05, 3.63) is 87.9 Å². The molecule has 5 aliphatic rings. The van der Waals surface area contributed by atoms with Crippen LogP contribution in [0.3, 0.4) is 0 Å². The summed E-state index contributed by atoms with van der Waals surface area (Å²) in [7, 11) is 0. The van der Waals surface area contributed by atoms with Gasteiger partial charge in [-0.15, -0.1) is 0 Å². The van der Waals surface area contributed by atoms with Crippen LogP contribution < -0.4 is 25.2 Å². The maximum absolute atomic E-state index is 13.3. The van der Waals surface area contributed by atoms with E-state index in [2.05, 4.69) is 43.5 Å². The van der Waals surface area contributed by atoms with E-state index >= 15 is 0 Å². The maximum atomic E-state index is 13.3. The number of piperidine rings is 2. The summed E-state index contributed by atoms with van der Waals surface area (Å²) >= 11 is 6.19. The third-order valence-electron chi connectivity index (χ3n) is 12.4. The van der Waals surface area contributed by atoms with Crippen LogP contribution in [0.25, 0.3) is 0 Å². The van der Waals surface area contributed by atoms with E-state index in [0.717, 1.165) is 107 Å². The summed E-state index contributed by atoms with van der Waals surface area (Å²) in [4.78, 5) is 72.0. The number of piperazine rings is 1. The van der Waals surface area contributed by atoms with Crippen LogP contribution in [0.15, 0.2) is 60.7 Å².